The van der Waals surface area contributed by atoms with E-state index in [2.05, 4.69) is 4.98 Å². The van der Waals surface area contributed by atoms with Crippen molar-refractivity contribution in [1.82, 2.24) is 4.98 Å². The number of hydrogen-bond donors (Lipinski definition) is 0. The summed E-state index contributed by atoms with van der Waals surface area (Å²) in [6, 6.07) is 4.97. The Bertz CT molecular complexity index is 725. The molecule has 1 aliphatic rings. The molecule has 1 unspecified atom stereocenters. The van der Waals surface area contributed by atoms with E-state index in [1.807, 2.05) is 13.8 Å². The molecule has 122 valence electrons. The zero-order chi connectivity index (χ0) is 16.8. The van der Waals surface area contributed by atoms with Crippen molar-refractivity contribution in [3.05, 3.63) is 53.6 Å². The van der Waals surface area contributed by atoms with Crippen LogP contribution in [0.15, 0.2) is 36.7 Å². The van der Waals surface area contributed by atoms with Gasteiger partial charge in [-0.15, -0.1) is 0 Å². The summed E-state index contributed by atoms with van der Waals surface area (Å²) < 4.78 is 54.6. The zero-order valence-corrected chi connectivity index (χ0v) is 12.7. The molecule has 2 heterocycles. The van der Waals surface area contributed by atoms with E-state index in [1.54, 1.807) is 4.90 Å². The van der Waals surface area contributed by atoms with Gasteiger partial charge in [-0.05, 0) is 41.3 Å². The zero-order valence-electron chi connectivity index (χ0n) is 12.7. The number of alkyl halides is 3. The second kappa shape index (κ2) is 5.51. The Morgan fingerprint density at radius 2 is 1.87 bits per heavy atom. The smallest absolute Gasteiger partial charge is 0.339 e. The fourth-order valence-electron chi connectivity index (χ4n) is 3.08. The Labute approximate surface area is 131 Å². The van der Waals surface area contributed by atoms with Crippen LogP contribution < -0.4 is 4.90 Å². The van der Waals surface area contributed by atoms with Crippen LogP contribution >= 0.6 is 0 Å². The summed E-state index contributed by atoms with van der Waals surface area (Å²) >= 11 is 0. The Kier molecular flexibility index (Phi) is 3.78. The van der Waals surface area contributed by atoms with E-state index in [0.717, 1.165) is 6.07 Å². The highest BCUT2D eigenvalue weighted by Gasteiger charge is 2.47. The molecule has 6 heteroatoms. The van der Waals surface area contributed by atoms with Crippen molar-refractivity contribution >= 4 is 11.4 Å². The first-order valence-electron chi connectivity index (χ1n) is 7.36. The van der Waals surface area contributed by atoms with Crippen LogP contribution in [-0.4, -0.2) is 17.7 Å². The fraction of sp³-hybridized carbons (Fsp3) is 0.353. The minimum Gasteiger partial charge on any atom is -0.339 e. The SMILES string of the molecule is CC(C)CN1c2ccc(F)cc2C(C(F)(F)F)c2ccncc21. The summed E-state index contributed by atoms with van der Waals surface area (Å²) in [4.78, 5) is 5.78. The molecule has 0 fully saturated rings. The van der Waals surface area contributed by atoms with E-state index < -0.39 is 17.9 Å². The first kappa shape index (κ1) is 15.8. The molecule has 0 aliphatic carbocycles. The molecule has 23 heavy (non-hydrogen) atoms. The van der Waals surface area contributed by atoms with Crippen LogP contribution in [0.25, 0.3) is 0 Å². The third-order valence-electron chi connectivity index (χ3n) is 3.90. The number of fused-ring (bicyclic) bond motifs is 2. The molecule has 0 amide bonds. The number of rotatable bonds is 2. The fourth-order valence-corrected chi connectivity index (χ4v) is 3.08. The molecule has 1 aliphatic heterocycles. The molecule has 0 radical (unpaired) electrons. The third-order valence-corrected chi connectivity index (χ3v) is 3.90. The normalized spacial score (nSPS) is 17.2. The standard InChI is InChI=1S/C17H16F4N2/c1-10(2)9-23-14-4-3-11(18)7-13(14)16(17(19,20)21)12-5-6-22-8-15(12)23/h3-8,10,16H,9H2,1-2H3. The highest BCUT2D eigenvalue weighted by molar-refractivity contribution is 5.76. The maximum Gasteiger partial charge on any atom is 0.399 e. The van der Waals surface area contributed by atoms with E-state index in [0.29, 0.717) is 17.9 Å². The lowest BCUT2D eigenvalue weighted by Crippen LogP contribution is -2.34. The topological polar surface area (TPSA) is 16.1 Å². The number of halogens is 4. The lowest BCUT2D eigenvalue weighted by atomic mass is 9.84. The van der Waals surface area contributed by atoms with Gasteiger partial charge in [-0.3, -0.25) is 4.98 Å². The third kappa shape index (κ3) is 2.78. The van der Waals surface area contributed by atoms with Gasteiger partial charge < -0.3 is 4.90 Å². The van der Waals surface area contributed by atoms with Gasteiger partial charge in [0.05, 0.1) is 11.9 Å². The second-order valence-corrected chi connectivity index (χ2v) is 6.12. The Balaban J connectivity index is 2.27. The molecule has 1 atom stereocenters. The number of benzene rings is 1. The van der Waals surface area contributed by atoms with Gasteiger partial charge in [-0.1, -0.05) is 13.8 Å². The lowest BCUT2D eigenvalue weighted by molar-refractivity contribution is -0.141. The van der Waals surface area contributed by atoms with Crippen LogP contribution in [0.4, 0.5) is 28.9 Å². The minimum absolute atomic E-state index is 0.0446. The van der Waals surface area contributed by atoms with E-state index in [9.17, 15) is 17.6 Å². The molecule has 3 rings (SSSR count). The molecule has 0 saturated carbocycles. The molecule has 0 saturated heterocycles. The van der Waals surface area contributed by atoms with Gasteiger partial charge in [0.25, 0.3) is 0 Å². The quantitative estimate of drug-likeness (QED) is 0.721. The molecular weight excluding hydrogens is 308 g/mol. The van der Waals surface area contributed by atoms with Crippen LogP contribution in [-0.2, 0) is 0 Å². The maximum atomic E-state index is 13.7. The molecular formula is C17H16F4N2. The highest BCUT2D eigenvalue weighted by atomic mass is 19.4. The van der Waals surface area contributed by atoms with Crippen molar-refractivity contribution in [1.29, 1.82) is 0 Å². The van der Waals surface area contributed by atoms with Crippen LogP contribution in [0.3, 0.4) is 0 Å². The molecule has 2 nitrogen and oxygen atoms in total. The monoisotopic (exact) mass is 324 g/mol. The summed E-state index contributed by atoms with van der Waals surface area (Å²) in [5, 5.41) is 0. The summed E-state index contributed by atoms with van der Waals surface area (Å²) in [6.45, 7) is 4.49. The van der Waals surface area contributed by atoms with Gasteiger partial charge in [0.1, 0.15) is 11.7 Å². The number of hydrogen-bond acceptors (Lipinski definition) is 2. The molecule has 1 aromatic carbocycles. The predicted molar refractivity (Wildman–Crippen MR) is 80.4 cm³/mol. The van der Waals surface area contributed by atoms with Crippen LogP contribution in [0.5, 0.6) is 0 Å². The van der Waals surface area contributed by atoms with Crippen LogP contribution in [0.1, 0.15) is 30.9 Å². The van der Waals surface area contributed by atoms with Gasteiger partial charge in [0.15, 0.2) is 0 Å². The van der Waals surface area contributed by atoms with Gasteiger partial charge >= 0.3 is 6.18 Å². The van der Waals surface area contributed by atoms with Crippen molar-refractivity contribution in [2.45, 2.75) is 25.9 Å². The van der Waals surface area contributed by atoms with Gasteiger partial charge in [-0.25, -0.2) is 4.39 Å². The number of pyridine rings is 1. The number of aromatic nitrogens is 1. The lowest BCUT2D eigenvalue weighted by Gasteiger charge is -2.38. The maximum absolute atomic E-state index is 13.7. The first-order valence-corrected chi connectivity index (χ1v) is 7.36. The summed E-state index contributed by atoms with van der Waals surface area (Å²) in [6.07, 6.45) is -1.71. The summed E-state index contributed by atoms with van der Waals surface area (Å²) in [7, 11) is 0. The average molecular weight is 324 g/mol. The molecule has 0 spiro atoms. The van der Waals surface area contributed by atoms with Crippen molar-refractivity contribution < 1.29 is 17.6 Å². The van der Waals surface area contributed by atoms with Crippen LogP contribution in [0, 0.1) is 11.7 Å². The summed E-state index contributed by atoms with van der Waals surface area (Å²) in [5.74, 6) is -2.28. The van der Waals surface area contributed by atoms with E-state index in [1.165, 1.54) is 30.6 Å². The van der Waals surface area contributed by atoms with Crippen molar-refractivity contribution in [3.8, 4) is 0 Å². The number of anilines is 2. The van der Waals surface area contributed by atoms with Crippen LogP contribution in [0.2, 0.25) is 0 Å². The average Bonchev–Trinajstić information content (AvgIpc) is 2.44. The summed E-state index contributed by atoms with van der Waals surface area (Å²) in [5.41, 5.74) is 0.897. The molecule has 0 N–H and O–H groups in total. The van der Waals surface area contributed by atoms with E-state index in [4.69, 9.17) is 0 Å². The molecule has 2 aromatic rings. The molecule has 0 bridgehead atoms. The van der Waals surface area contributed by atoms with Gasteiger partial charge in [0.2, 0.25) is 0 Å². The predicted octanol–water partition coefficient (Wildman–Crippen LogP) is 5.02. The highest BCUT2D eigenvalue weighted by Crippen LogP contribution is 2.51. The van der Waals surface area contributed by atoms with Crippen molar-refractivity contribution in [2.75, 3.05) is 11.4 Å². The van der Waals surface area contributed by atoms with E-state index in [-0.39, 0.29) is 17.0 Å². The number of nitrogens with zero attached hydrogens (tertiary/aromatic N) is 2. The van der Waals surface area contributed by atoms with Gasteiger partial charge in [0, 0.05) is 18.4 Å². The molecule has 1 aromatic heterocycles. The minimum atomic E-state index is -4.50. The van der Waals surface area contributed by atoms with Gasteiger partial charge in [-0.2, -0.15) is 13.2 Å². The van der Waals surface area contributed by atoms with E-state index >= 15 is 0 Å². The Morgan fingerprint density at radius 3 is 2.52 bits per heavy atom. The Hall–Kier alpha value is -2.11. The van der Waals surface area contributed by atoms with Crippen molar-refractivity contribution in [2.24, 2.45) is 5.92 Å². The second-order valence-electron chi connectivity index (χ2n) is 6.12. The first-order chi connectivity index (χ1) is 10.8. The Morgan fingerprint density at radius 1 is 1.13 bits per heavy atom. The van der Waals surface area contributed by atoms with Crippen molar-refractivity contribution in [3.63, 3.8) is 0 Å². The largest absolute Gasteiger partial charge is 0.399 e.